The molecule has 0 bridgehead atoms. The molecule has 12 heteroatoms. The van der Waals surface area contributed by atoms with Crippen LogP contribution in [0.15, 0.2) is 16.4 Å². The van der Waals surface area contributed by atoms with E-state index in [9.17, 15) is 18.0 Å². The molecule has 1 amide bonds. The fourth-order valence-corrected chi connectivity index (χ4v) is 5.32. The fourth-order valence-electron chi connectivity index (χ4n) is 4.27. The normalized spacial score (nSPS) is 22.9. The minimum absolute atomic E-state index is 0.0241. The minimum atomic E-state index is -4.42. The zero-order chi connectivity index (χ0) is 23.0. The van der Waals surface area contributed by atoms with Crippen molar-refractivity contribution in [2.75, 3.05) is 40.8 Å². The van der Waals surface area contributed by atoms with Gasteiger partial charge >= 0.3 is 6.18 Å². The number of hydrogen-bond donors (Lipinski definition) is 2. The summed E-state index contributed by atoms with van der Waals surface area (Å²) in [4.78, 5) is 25.6. The third kappa shape index (κ3) is 4.77. The number of nitrogens with zero attached hydrogens (tertiary/aromatic N) is 4. The monoisotopic (exact) mass is 472 g/mol. The Hall–Kier alpha value is -2.15. The second-order valence-electron chi connectivity index (χ2n) is 8.28. The summed E-state index contributed by atoms with van der Waals surface area (Å²) in [5.41, 5.74) is 0.727. The van der Waals surface area contributed by atoms with Crippen LogP contribution in [0.2, 0.25) is 0 Å². The summed E-state index contributed by atoms with van der Waals surface area (Å²) in [6, 6.07) is 1.66. The summed E-state index contributed by atoms with van der Waals surface area (Å²) in [6.07, 6.45) is -3.28. The fraction of sp³-hybridized carbons (Fsp3) is 0.600. The van der Waals surface area contributed by atoms with Gasteiger partial charge in [0.2, 0.25) is 5.90 Å². The van der Waals surface area contributed by atoms with Crippen LogP contribution in [0.25, 0.3) is 10.2 Å². The average molecular weight is 473 g/mol. The second kappa shape index (κ2) is 9.00. The molecule has 176 valence electrons. The first kappa shape index (κ1) is 23.0. The van der Waals surface area contributed by atoms with Crippen LogP contribution in [0.4, 0.5) is 13.2 Å². The van der Waals surface area contributed by atoms with Crippen molar-refractivity contribution < 1.29 is 22.8 Å². The van der Waals surface area contributed by atoms with Gasteiger partial charge in [-0.3, -0.25) is 4.79 Å². The van der Waals surface area contributed by atoms with E-state index in [0.717, 1.165) is 37.3 Å². The van der Waals surface area contributed by atoms with E-state index in [1.54, 1.807) is 25.5 Å². The lowest BCUT2D eigenvalue weighted by Gasteiger charge is -2.30. The van der Waals surface area contributed by atoms with E-state index in [-0.39, 0.29) is 11.9 Å². The summed E-state index contributed by atoms with van der Waals surface area (Å²) in [7, 11) is 5.37. The Bertz CT molecular complexity index is 1020. The summed E-state index contributed by atoms with van der Waals surface area (Å²) in [5, 5.41) is 9.53. The van der Waals surface area contributed by atoms with Crippen molar-refractivity contribution in [1.82, 2.24) is 25.2 Å². The maximum absolute atomic E-state index is 13.4. The number of rotatable bonds is 6. The van der Waals surface area contributed by atoms with E-state index >= 15 is 0 Å². The van der Waals surface area contributed by atoms with Crippen molar-refractivity contribution in [3.63, 3.8) is 0 Å². The Labute approximate surface area is 188 Å². The number of fused-ring (bicyclic) bond motifs is 1. The Morgan fingerprint density at radius 1 is 1.38 bits per heavy atom. The van der Waals surface area contributed by atoms with Crippen LogP contribution < -0.4 is 10.6 Å². The first-order valence-electron chi connectivity index (χ1n) is 10.4. The number of likely N-dealkylation sites (N-methyl/N-ethyl adjacent to an activating group) is 2. The predicted octanol–water partition coefficient (Wildman–Crippen LogP) is 2.58. The van der Waals surface area contributed by atoms with Crippen molar-refractivity contribution in [3.8, 4) is 0 Å². The van der Waals surface area contributed by atoms with Crippen LogP contribution in [-0.2, 0) is 11.4 Å². The number of halogens is 3. The molecule has 2 atom stereocenters. The van der Waals surface area contributed by atoms with E-state index in [0.29, 0.717) is 33.9 Å². The van der Waals surface area contributed by atoms with E-state index in [2.05, 4.69) is 20.5 Å². The highest BCUT2D eigenvalue weighted by molar-refractivity contribution is 7.17. The highest BCUT2D eigenvalue weighted by atomic mass is 32.1. The van der Waals surface area contributed by atoms with Gasteiger partial charge in [-0.15, -0.1) is 16.4 Å². The molecule has 1 saturated heterocycles. The summed E-state index contributed by atoms with van der Waals surface area (Å²) < 4.78 is 41.5. The molecule has 0 aliphatic carbocycles. The smallest absolute Gasteiger partial charge is 0.387 e. The molecule has 0 radical (unpaired) electrons. The molecule has 0 saturated carbocycles. The first-order chi connectivity index (χ1) is 15.2. The molecule has 2 unspecified atom stereocenters. The molecule has 2 aromatic rings. The molecule has 2 N–H and O–H groups in total. The molecule has 1 fully saturated rings. The number of aliphatic imine (C=N–C) groups is 1. The molecule has 8 nitrogen and oxygen atoms in total. The number of alkyl halides is 3. The van der Waals surface area contributed by atoms with Crippen molar-refractivity contribution in [3.05, 3.63) is 22.7 Å². The Balaban J connectivity index is 1.68. The maximum Gasteiger partial charge on any atom is 0.406 e. The number of hydroxylamine groups is 2. The number of amides is 1. The van der Waals surface area contributed by atoms with Crippen LogP contribution >= 0.6 is 11.3 Å². The number of aromatic nitrogens is 1. The number of hydrogen-bond acceptors (Lipinski definition) is 7. The van der Waals surface area contributed by atoms with E-state index in [1.807, 2.05) is 7.05 Å². The summed E-state index contributed by atoms with van der Waals surface area (Å²) in [6.45, 7) is 0.943. The van der Waals surface area contributed by atoms with Crippen LogP contribution in [0.5, 0.6) is 0 Å². The highest BCUT2D eigenvalue weighted by Crippen LogP contribution is 2.37. The topological polar surface area (TPSA) is 74.1 Å². The van der Waals surface area contributed by atoms with Gasteiger partial charge in [0, 0.05) is 30.4 Å². The molecule has 2 aromatic heterocycles. The summed E-state index contributed by atoms with van der Waals surface area (Å²) >= 11 is 1.14. The first-order valence-corrected chi connectivity index (χ1v) is 11.3. The number of piperidine rings is 1. The molecule has 0 aromatic carbocycles. The van der Waals surface area contributed by atoms with Crippen molar-refractivity contribution in [2.24, 2.45) is 4.99 Å². The lowest BCUT2D eigenvalue weighted by atomic mass is 10.1. The van der Waals surface area contributed by atoms with Crippen molar-refractivity contribution in [1.29, 1.82) is 0 Å². The van der Waals surface area contributed by atoms with Gasteiger partial charge in [0.15, 0.2) is 6.17 Å². The van der Waals surface area contributed by atoms with Gasteiger partial charge in [-0.2, -0.15) is 13.2 Å². The van der Waals surface area contributed by atoms with E-state index < -0.39 is 18.9 Å². The Morgan fingerprint density at radius 2 is 2.16 bits per heavy atom. The van der Waals surface area contributed by atoms with Gasteiger partial charge in [0.25, 0.3) is 5.91 Å². The van der Waals surface area contributed by atoms with Gasteiger partial charge in [0.1, 0.15) is 11.4 Å². The standard InChI is InChI=1S/C20H27F3N6O2S/c1-24-8-16-26-17(28(3)31-16)15-7-13-14(10-32-19(13)29(15)11-20(21,22)23)18(30)25-12-5-4-6-27(2)9-12/h7,10,12,17,24H,4-6,8-9,11H2,1-3H3,(H,25,30). The zero-order valence-corrected chi connectivity index (χ0v) is 19.0. The largest absolute Gasteiger partial charge is 0.406 e. The van der Waals surface area contributed by atoms with Gasteiger partial charge in [0.05, 0.1) is 17.8 Å². The quantitative estimate of drug-likeness (QED) is 0.676. The Morgan fingerprint density at radius 3 is 2.84 bits per heavy atom. The molecule has 4 rings (SSSR count). The molecule has 0 spiro atoms. The summed E-state index contributed by atoms with van der Waals surface area (Å²) in [5.74, 6) is 0.130. The number of thiophene rings is 1. The van der Waals surface area contributed by atoms with Crippen LogP contribution in [-0.4, -0.2) is 79.3 Å². The third-order valence-electron chi connectivity index (χ3n) is 5.65. The van der Waals surface area contributed by atoms with Crippen LogP contribution in [0, 0.1) is 0 Å². The van der Waals surface area contributed by atoms with Crippen LogP contribution in [0.3, 0.4) is 0 Å². The molecule has 2 aliphatic rings. The SMILES string of the molecule is CNCC1=NC(c2cc3c(C(=O)NC4CCCN(C)C4)csc3n2CC(F)(F)F)N(C)O1. The van der Waals surface area contributed by atoms with E-state index in [4.69, 9.17) is 4.84 Å². The van der Waals surface area contributed by atoms with Gasteiger partial charge in [-0.25, -0.2) is 4.99 Å². The van der Waals surface area contributed by atoms with Gasteiger partial charge in [-0.05, 0) is 39.5 Å². The Kier molecular flexibility index (Phi) is 6.48. The van der Waals surface area contributed by atoms with Crippen molar-refractivity contribution >= 4 is 33.4 Å². The van der Waals surface area contributed by atoms with Crippen molar-refractivity contribution in [2.45, 2.75) is 37.8 Å². The predicted molar refractivity (Wildman–Crippen MR) is 117 cm³/mol. The lowest BCUT2D eigenvalue weighted by Crippen LogP contribution is -2.46. The molecule has 32 heavy (non-hydrogen) atoms. The minimum Gasteiger partial charge on any atom is -0.387 e. The average Bonchev–Trinajstić information content (AvgIpc) is 3.35. The number of likely N-dealkylation sites (tertiary alicyclic amines) is 1. The van der Waals surface area contributed by atoms with Crippen LogP contribution in [0.1, 0.15) is 35.1 Å². The highest BCUT2D eigenvalue weighted by Gasteiger charge is 2.36. The van der Waals surface area contributed by atoms with Gasteiger partial charge < -0.3 is 24.9 Å². The van der Waals surface area contributed by atoms with Gasteiger partial charge in [-0.1, -0.05) is 0 Å². The number of nitrogens with one attached hydrogen (secondary N) is 2. The third-order valence-corrected chi connectivity index (χ3v) is 6.67. The molecular weight excluding hydrogens is 445 g/mol. The lowest BCUT2D eigenvalue weighted by molar-refractivity contribution is -0.141. The number of carbonyl (C=O) groups is 1. The molecule has 4 heterocycles. The van der Waals surface area contributed by atoms with E-state index in [1.165, 1.54) is 9.63 Å². The maximum atomic E-state index is 13.4. The number of carbonyl (C=O) groups excluding carboxylic acids is 1. The zero-order valence-electron chi connectivity index (χ0n) is 18.2. The second-order valence-corrected chi connectivity index (χ2v) is 9.14. The molecule has 2 aliphatic heterocycles. The molecular formula is C20H27F3N6O2S.